The van der Waals surface area contributed by atoms with Crippen LogP contribution >= 0.6 is 15.8 Å². The maximum atomic E-state index is 2.27. The van der Waals surface area contributed by atoms with Crippen molar-refractivity contribution in [3.63, 3.8) is 0 Å². The first-order chi connectivity index (χ1) is 19.9. The Morgan fingerprint density at radius 1 is 0.341 bits per heavy atom. The molecular weight excluding hydrogens is 574 g/mol. The molecule has 6 rings (SSSR count). The van der Waals surface area contributed by atoms with Gasteiger partial charge in [0.05, 0.1) is 0 Å². The molecule has 0 nitrogen and oxygen atoms in total. The van der Waals surface area contributed by atoms with Gasteiger partial charge in [0.2, 0.25) is 0 Å². The maximum Gasteiger partial charge on any atom is 0 e. The number of rotatable bonds is 10. The molecule has 6 aromatic rings. The zero-order chi connectivity index (χ0) is 27.2. The molecule has 0 spiro atoms. The fourth-order valence-corrected chi connectivity index (χ4v) is 9.61. The van der Waals surface area contributed by atoms with Crippen LogP contribution in [0.2, 0.25) is 0 Å². The van der Waals surface area contributed by atoms with E-state index >= 15 is 0 Å². The molecule has 0 aliphatic carbocycles. The third kappa shape index (κ3) is 9.50. The number of hydrogen-bond donors (Lipinski definition) is 0. The van der Waals surface area contributed by atoms with E-state index in [2.05, 4.69) is 170 Å². The summed E-state index contributed by atoms with van der Waals surface area (Å²) in [6.07, 6.45) is 4.74. The summed E-state index contributed by atoms with van der Waals surface area (Å²) in [6.45, 7) is 0. The Bertz CT molecular complexity index is 1270. The number of benzene rings is 4. The van der Waals surface area contributed by atoms with Crippen LogP contribution in [0.3, 0.4) is 0 Å². The Kier molecular flexibility index (Phi) is 12.8. The summed E-state index contributed by atoms with van der Waals surface area (Å²) in [7, 11) is -0.511. The largest absolute Gasteiger partial charge is 0.213 e. The van der Waals surface area contributed by atoms with Crippen molar-refractivity contribution in [1.82, 2.24) is 0 Å². The van der Waals surface area contributed by atoms with Gasteiger partial charge < -0.3 is 0 Å². The second kappa shape index (κ2) is 17.0. The Balaban J connectivity index is 0.000000184. The van der Waals surface area contributed by atoms with Gasteiger partial charge in [-0.3, -0.25) is 0 Å². The molecule has 3 heteroatoms. The predicted molar refractivity (Wildman–Crippen MR) is 179 cm³/mol. The van der Waals surface area contributed by atoms with Crippen LogP contribution < -0.4 is 21.2 Å². The molecule has 0 radical (unpaired) electrons. The van der Waals surface area contributed by atoms with Gasteiger partial charge in [-0.05, 0) is 49.4 Å². The molecule has 0 amide bonds. The average Bonchev–Trinajstić information content (AvgIpc) is 3.75. The van der Waals surface area contributed by atoms with E-state index in [4.69, 9.17) is 0 Å². The number of hydrogen-bond acceptors (Lipinski definition) is 0. The molecule has 0 bridgehead atoms. The van der Waals surface area contributed by atoms with Crippen LogP contribution in [0.4, 0.5) is 0 Å². The summed E-state index contributed by atoms with van der Waals surface area (Å²) >= 11 is 0. The zero-order valence-electron chi connectivity index (χ0n) is 23.2. The van der Waals surface area contributed by atoms with Gasteiger partial charge in [-0.15, -0.1) is 0 Å². The van der Waals surface area contributed by atoms with E-state index in [1.165, 1.54) is 44.7 Å². The van der Waals surface area contributed by atoms with Gasteiger partial charge in [0.15, 0.2) is 0 Å². The first-order valence-electron chi connectivity index (χ1n) is 14.0. The van der Waals surface area contributed by atoms with Crippen molar-refractivity contribution in [2.24, 2.45) is 0 Å². The van der Waals surface area contributed by atoms with Crippen LogP contribution in [0.1, 0.15) is 11.1 Å². The van der Waals surface area contributed by atoms with E-state index in [1.807, 2.05) is 0 Å². The van der Waals surface area contributed by atoms with Crippen LogP contribution in [0.15, 0.2) is 170 Å². The van der Waals surface area contributed by atoms with Gasteiger partial charge in [-0.25, -0.2) is 24.3 Å². The fourth-order valence-electron chi connectivity index (χ4n) is 4.89. The second-order valence-electron chi connectivity index (χ2n) is 9.73. The van der Waals surface area contributed by atoms with E-state index in [1.54, 1.807) is 0 Å². The van der Waals surface area contributed by atoms with Crippen molar-refractivity contribution in [3.8, 4) is 0 Å². The fraction of sp³-hybridized carbons (Fsp3) is 0.105. The summed E-state index contributed by atoms with van der Waals surface area (Å²) in [5, 5.41) is 5.89. The molecule has 0 unspecified atom stereocenters. The van der Waals surface area contributed by atoms with Crippen LogP contribution in [0.25, 0.3) is 0 Å². The Labute approximate surface area is 259 Å². The molecule has 0 fully saturated rings. The molecule has 41 heavy (non-hydrogen) atoms. The van der Waals surface area contributed by atoms with Gasteiger partial charge in [0.1, 0.15) is 0 Å². The minimum absolute atomic E-state index is 0. The minimum Gasteiger partial charge on any atom is -0.213 e. The van der Waals surface area contributed by atoms with E-state index < -0.39 is 0 Å². The molecule has 0 aliphatic rings. The molecule has 0 atom stereocenters. The summed E-state index contributed by atoms with van der Waals surface area (Å²) < 4.78 is 0. The van der Waals surface area contributed by atoms with E-state index in [0.717, 1.165) is 12.8 Å². The zero-order valence-corrected chi connectivity index (χ0v) is 26.1. The molecule has 208 valence electrons. The van der Waals surface area contributed by atoms with Crippen molar-refractivity contribution in [2.75, 3.05) is 12.3 Å². The van der Waals surface area contributed by atoms with E-state index in [9.17, 15) is 0 Å². The predicted octanol–water partition coefficient (Wildman–Crippen LogP) is 8.16. The first kappa shape index (κ1) is 30.9. The third-order valence-corrected chi connectivity index (χ3v) is 12.0. The van der Waals surface area contributed by atoms with Crippen molar-refractivity contribution >= 4 is 37.1 Å². The normalized spacial score (nSPS) is 10.6. The standard InChI is InChI=1S/2C19H18P.Fe/c2*1-3-11-18(12-4-1)20(19-13-5-2-6-14-19)16-15-17-9-7-8-10-17;/h2*1-14H,15-16H2;/q2*-1;. The van der Waals surface area contributed by atoms with E-state index in [0.29, 0.717) is 0 Å². The first-order valence-corrected chi connectivity index (χ1v) is 17.1. The topological polar surface area (TPSA) is 0 Å². The quantitative estimate of drug-likeness (QED) is 0.0835. The Hall–Kier alpha value is -3.04. The Morgan fingerprint density at radius 2 is 0.585 bits per heavy atom. The SMILES string of the molecule is [Fe].c1ccc(P(CC[c-]2cccc2)c2ccccc2)cc1.c1ccc(P(CC[c-]2cccc2)c2ccccc2)cc1. The molecule has 0 N–H and O–H groups in total. The average molecular weight is 610 g/mol. The van der Waals surface area contributed by atoms with Crippen LogP contribution in [0, 0.1) is 0 Å². The monoisotopic (exact) mass is 610 g/mol. The van der Waals surface area contributed by atoms with Crippen molar-refractivity contribution in [2.45, 2.75) is 12.8 Å². The molecule has 0 aliphatic heterocycles. The van der Waals surface area contributed by atoms with Gasteiger partial charge in [-0.2, -0.15) is 35.4 Å². The van der Waals surface area contributed by atoms with Crippen LogP contribution in [-0.2, 0) is 29.9 Å². The van der Waals surface area contributed by atoms with Gasteiger partial charge >= 0.3 is 0 Å². The third-order valence-electron chi connectivity index (χ3n) is 6.98. The summed E-state index contributed by atoms with van der Waals surface area (Å²) in [4.78, 5) is 0. The summed E-state index contributed by atoms with van der Waals surface area (Å²) in [6, 6.07) is 61.1. The second-order valence-corrected chi connectivity index (χ2v) is 14.4. The molecule has 0 saturated heterocycles. The smallest absolute Gasteiger partial charge is 0 e. The molecule has 0 aromatic heterocycles. The number of aryl methyl sites for hydroxylation is 2. The van der Waals surface area contributed by atoms with Gasteiger partial charge in [0.25, 0.3) is 0 Å². The van der Waals surface area contributed by atoms with Crippen molar-refractivity contribution in [3.05, 3.63) is 181 Å². The van der Waals surface area contributed by atoms with Crippen LogP contribution in [-0.4, -0.2) is 12.3 Å². The Morgan fingerprint density at radius 3 is 0.829 bits per heavy atom. The summed E-state index contributed by atoms with van der Waals surface area (Å²) in [5.41, 5.74) is 2.90. The van der Waals surface area contributed by atoms with Gasteiger partial charge in [0, 0.05) is 17.1 Å². The van der Waals surface area contributed by atoms with Crippen LogP contribution in [0.5, 0.6) is 0 Å². The van der Waals surface area contributed by atoms with Crippen molar-refractivity contribution in [1.29, 1.82) is 0 Å². The van der Waals surface area contributed by atoms with E-state index in [-0.39, 0.29) is 32.9 Å². The molecule has 0 heterocycles. The minimum atomic E-state index is -0.256. The molecule has 0 saturated carbocycles. The summed E-state index contributed by atoms with van der Waals surface area (Å²) in [5.74, 6) is 0. The molecular formula is C38H36FeP2-2. The van der Waals surface area contributed by atoms with Crippen molar-refractivity contribution < 1.29 is 17.1 Å². The molecule has 6 aromatic carbocycles. The van der Waals surface area contributed by atoms with Gasteiger partial charge in [-0.1, -0.05) is 134 Å². The maximum absolute atomic E-state index is 2.27.